The molecule has 1 aliphatic heterocycles. The Bertz CT molecular complexity index is 730. The standard InChI is InChI=1S/C18H23FN4O/c1-4-23-14(3)17(13(2)20-23)18(24)22-11-9-21(10-12-22)16-7-5-15(19)6-8-16/h5-8H,4,9-12H2,1-3H3. The maximum atomic E-state index is 13.0. The third-order valence-corrected chi connectivity index (χ3v) is 4.65. The van der Waals surface area contributed by atoms with Gasteiger partial charge in [-0.1, -0.05) is 0 Å². The van der Waals surface area contributed by atoms with Crippen molar-refractivity contribution >= 4 is 11.6 Å². The number of aromatic nitrogens is 2. The molecule has 3 rings (SSSR count). The van der Waals surface area contributed by atoms with Crippen molar-refractivity contribution in [2.75, 3.05) is 31.1 Å². The molecule has 0 spiro atoms. The number of halogens is 1. The Morgan fingerprint density at radius 2 is 1.75 bits per heavy atom. The van der Waals surface area contributed by atoms with Crippen LogP contribution in [-0.2, 0) is 6.54 Å². The molecule has 128 valence electrons. The van der Waals surface area contributed by atoms with Crippen molar-refractivity contribution in [2.24, 2.45) is 0 Å². The summed E-state index contributed by atoms with van der Waals surface area (Å²) < 4.78 is 14.9. The summed E-state index contributed by atoms with van der Waals surface area (Å²) in [7, 11) is 0. The lowest BCUT2D eigenvalue weighted by Crippen LogP contribution is -2.49. The Balaban J connectivity index is 1.69. The molecule has 0 N–H and O–H groups in total. The molecule has 0 aliphatic carbocycles. The summed E-state index contributed by atoms with van der Waals surface area (Å²) in [5, 5.41) is 4.44. The van der Waals surface area contributed by atoms with Gasteiger partial charge in [-0.25, -0.2) is 4.39 Å². The minimum atomic E-state index is -0.230. The van der Waals surface area contributed by atoms with Gasteiger partial charge in [-0.15, -0.1) is 0 Å². The van der Waals surface area contributed by atoms with Crippen LogP contribution in [-0.4, -0.2) is 46.8 Å². The van der Waals surface area contributed by atoms with Gasteiger partial charge in [-0.3, -0.25) is 9.48 Å². The summed E-state index contributed by atoms with van der Waals surface area (Å²) in [5.74, 6) is -0.171. The van der Waals surface area contributed by atoms with Gasteiger partial charge in [0.1, 0.15) is 5.82 Å². The van der Waals surface area contributed by atoms with E-state index < -0.39 is 0 Å². The molecule has 1 aliphatic rings. The zero-order valence-corrected chi connectivity index (χ0v) is 14.4. The number of piperazine rings is 1. The van der Waals surface area contributed by atoms with Gasteiger partial charge >= 0.3 is 0 Å². The fourth-order valence-electron chi connectivity index (χ4n) is 3.29. The number of nitrogens with zero attached hydrogens (tertiary/aromatic N) is 4. The van der Waals surface area contributed by atoms with E-state index in [4.69, 9.17) is 0 Å². The first kappa shape index (κ1) is 16.5. The monoisotopic (exact) mass is 330 g/mol. The van der Waals surface area contributed by atoms with Crippen LogP contribution in [0.2, 0.25) is 0 Å². The molecule has 2 heterocycles. The fourth-order valence-corrected chi connectivity index (χ4v) is 3.29. The van der Waals surface area contributed by atoms with Crippen molar-refractivity contribution in [1.29, 1.82) is 0 Å². The summed E-state index contributed by atoms with van der Waals surface area (Å²) in [6.07, 6.45) is 0. The summed E-state index contributed by atoms with van der Waals surface area (Å²) in [6, 6.07) is 6.51. The molecule has 0 atom stereocenters. The van der Waals surface area contributed by atoms with Crippen LogP contribution in [0.5, 0.6) is 0 Å². The molecule has 0 radical (unpaired) electrons. The number of hydrogen-bond acceptors (Lipinski definition) is 3. The molecule has 1 amide bonds. The number of rotatable bonds is 3. The smallest absolute Gasteiger partial charge is 0.257 e. The highest BCUT2D eigenvalue weighted by Gasteiger charge is 2.26. The highest BCUT2D eigenvalue weighted by molar-refractivity contribution is 5.96. The first-order valence-electron chi connectivity index (χ1n) is 8.35. The van der Waals surface area contributed by atoms with E-state index in [1.165, 1.54) is 12.1 Å². The number of benzene rings is 1. The van der Waals surface area contributed by atoms with E-state index in [1.807, 2.05) is 30.4 Å². The third kappa shape index (κ3) is 3.00. The maximum Gasteiger partial charge on any atom is 0.257 e. The summed E-state index contributed by atoms with van der Waals surface area (Å²) in [4.78, 5) is 16.9. The molecule has 0 unspecified atom stereocenters. The molecule has 1 aromatic carbocycles. The summed E-state index contributed by atoms with van der Waals surface area (Å²) >= 11 is 0. The van der Waals surface area contributed by atoms with Crippen LogP contribution in [0.15, 0.2) is 24.3 Å². The summed E-state index contributed by atoms with van der Waals surface area (Å²) in [6.45, 7) is 9.44. The molecule has 1 aromatic heterocycles. The molecule has 1 saturated heterocycles. The van der Waals surface area contributed by atoms with Crippen molar-refractivity contribution in [3.8, 4) is 0 Å². The molecule has 1 fully saturated rings. The van der Waals surface area contributed by atoms with Crippen molar-refractivity contribution in [2.45, 2.75) is 27.3 Å². The predicted octanol–water partition coefficient (Wildman–Crippen LogP) is 2.62. The van der Waals surface area contributed by atoms with Gasteiger partial charge in [0.2, 0.25) is 0 Å². The number of anilines is 1. The molecule has 2 aromatic rings. The van der Waals surface area contributed by atoms with E-state index in [-0.39, 0.29) is 11.7 Å². The molecule has 0 saturated carbocycles. The van der Waals surface area contributed by atoms with Gasteiger partial charge in [-0.2, -0.15) is 5.10 Å². The number of amides is 1. The van der Waals surface area contributed by atoms with E-state index in [2.05, 4.69) is 10.00 Å². The topological polar surface area (TPSA) is 41.4 Å². The van der Waals surface area contributed by atoms with Crippen molar-refractivity contribution < 1.29 is 9.18 Å². The van der Waals surface area contributed by atoms with Crippen LogP contribution in [0, 0.1) is 19.7 Å². The zero-order valence-electron chi connectivity index (χ0n) is 14.4. The Kier molecular flexibility index (Phi) is 4.55. The second kappa shape index (κ2) is 6.63. The lowest BCUT2D eigenvalue weighted by atomic mass is 10.1. The lowest BCUT2D eigenvalue weighted by Gasteiger charge is -2.36. The molecular weight excluding hydrogens is 307 g/mol. The number of carbonyl (C=O) groups is 1. The molecule has 0 bridgehead atoms. The van der Waals surface area contributed by atoms with Gasteiger partial charge in [0, 0.05) is 44.1 Å². The molecular formula is C18H23FN4O. The average molecular weight is 330 g/mol. The molecule has 24 heavy (non-hydrogen) atoms. The SMILES string of the molecule is CCn1nc(C)c(C(=O)N2CCN(c3ccc(F)cc3)CC2)c1C. The van der Waals surface area contributed by atoms with Crippen molar-refractivity contribution in [1.82, 2.24) is 14.7 Å². The Hall–Kier alpha value is -2.37. The normalized spacial score (nSPS) is 15.0. The number of hydrogen-bond donors (Lipinski definition) is 0. The van der Waals surface area contributed by atoms with E-state index >= 15 is 0 Å². The second-order valence-corrected chi connectivity index (χ2v) is 6.12. The van der Waals surface area contributed by atoms with Crippen LogP contribution in [0.3, 0.4) is 0 Å². The first-order valence-corrected chi connectivity index (χ1v) is 8.35. The third-order valence-electron chi connectivity index (χ3n) is 4.65. The average Bonchev–Trinajstić information content (AvgIpc) is 2.89. The first-order chi connectivity index (χ1) is 11.5. The van der Waals surface area contributed by atoms with E-state index in [0.717, 1.165) is 42.3 Å². The Labute approximate surface area is 141 Å². The molecule has 6 heteroatoms. The lowest BCUT2D eigenvalue weighted by molar-refractivity contribution is 0.0745. The molecule has 5 nitrogen and oxygen atoms in total. The van der Waals surface area contributed by atoms with Gasteiger partial charge in [0.05, 0.1) is 11.3 Å². The maximum absolute atomic E-state index is 13.0. The van der Waals surface area contributed by atoms with Gasteiger partial charge in [-0.05, 0) is 45.0 Å². The number of carbonyl (C=O) groups excluding carboxylic acids is 1. The van der Waals surface area contributed by atoms with Gasteiger partial charge in [0.25, 0.3) is 5.91 Å². The van der Waals surface area contributed by atoms with E-state index in [1.54, 1.807) is 12.1 Å². The Morgan fingerprint density at radius 1 is 1.12 bits per heavy atom. The van der Waals surface area contributed by atoms with Crippen molar-refractivity contribution in [3.05, 3.63) is 47.0 Å². The van der Waals surface area contributed by atoms with Crippen LogP contribution in [0.25, 0.3) is 0 Å². The van der Waals surface area contributed by atoms with Crippen LogP contribution in [0.1, 0.15) is 28.7 Å². The minimum absolute atomic E-state index is 0.0588. The predicted molar refractivity (Wildman–Crippen MR) is 91.9 cm³/mol. The quantitative estimate of drug-likeness (QED) is 0.869. The van der Waals surface area contributed by atoms with Gasteiger partial charge in [0.15, 0.2) is 0 Å². The number of aryl methyl sites for hydroxylation is 2. The van der Waals surface area contributed by atoms with E-state index in [0.29, 0.717) is 13.1 Å². The summed E-state index contributed by atoms with van der Waals surface area (Å²) in [5.41, 5.74) is 3.45. The Morgan fingerprint density at radius 3 is 2.29 bits per heavy atom. The minimum Gasteiger partial charge on any atom is -0.368 e. The zero-order chi connectivity index (χ0) is 17.3. The van der Waals surface area contributed by atoms with E-state index in [9.17, 15) is 9.18 Å². The van der Waals surface area contributed by atoms with Crippen LogP contribution >= 0.6 is 0 Å². The highest BCUT2D eigenvalue weighted by Crippen LogP contribution is 2.20. The van der Waals surface area contributed by atoms with Crippen LogP contribution in [0.4, 0.5) is 10.1 Å². The fraction of sp³-hybridized carbons (Fsp3) is 0.444. The largest absolute Gasteiger partial charge is 0.368 e. The van der Waals surface area contributed by atoms with Crippen LogP contribution < -0.4 is 4.90 Å². The van der Waals surface area contributed by atoms with Crippen molar-refractivity contribution in [3.63, 3.8) is 0 Å². The highest BCUT2D eigenvalue weighted by atomic mass is 19.1. The second-order valence-electron chi connectivity index (χ2n) is 6.12. The van der Waals surface area contributed by atoms with Gasteiger partial charge < -0.3 is 9.80 Å².